The fourth-order valence-electron chi connectivity index (χ4n) is 4.23. The Labute approximate surface area is 208 Å². The molecular weight excluding hydrogens is 501 g/mol. The van der Waals surface area contributed by atoms with Crippen LogP contribution in [0, 0.1) is 20.8 Å². The molecule has 2 aromatic rings. The lowest BCUT2D eigenvalue weighted by molar-refractivity contribution is -0.192. The summed E-state index contributed by atoms with van der Waals surface area (Å²) in [5.41, 5.74) is 3.35. The average molecular weight is 531 g/mol. The van der Waals surface area contributed by atoms with E-state index in [-0.39, 0.29) is 6.10 Å². The topological polar surface area (TPSA) is 106 Å². The number of hydrogen-bond acceptors (Lipinski definition) is 6. The molecule has 2 fully saturated rings. The van der Waals surface area contributed by atoms with E-state index in [1.807, 2.05) is 45.0 Å². The molecule has 1 aromatic carbocycles. The molecule has 1 atom stereocenters. The number of benzene rings is 1. The van der Waals surface area contributed by atoms with Gasteiger partial charge in [0.2, 0.25) is 10.0 Å². The van der Waals surface area contributed by atoms with Crippen molar-refractivity contribution >= 4 is 16.0 Å². The summed E-state index contributed by atoms with van der Waals surface area (Å²) in [6.45, 7) is 7.61. The number of carboxylic acid groups (broad SMARTS) is 1. The van der Waals surface area contributed by atoms with Gasteiger partial charge in [0.1, 0.15) is 0 Å². The van der Waals surface area contributed by atoms with Crippen molar-refractivity contribution in [3.63, 3.8) is 0 Å². The summed E-state index contributed by atoms with van der Waals surface area (Å²) < 4.78 is 71.3. The normalized spacial score (nSPS) is 19.8. The second kappa shape index (κ2) is 10.8. The Morgan fingerprint density at radius 2 is 1.81 bits per heavy atom. The summed E-state index contributed by atoms with van der Waals surface area (Å²) in [5, 5.41) is 7.12. The highest BCUT2D eigenvalue weighted by Crippen LogP contribution is 2.38. The third kappa shape index (κ3) is 7.02. The van der Waals surface area contributed by atoms with Crippen LogP contribution in [-0.2, 0) is 30.9 Å². The number of alkyl halides is 3. The van der Waals surface area contributed by atoms with Crippen molar-refractivity contribution in [1.29, 1.82) is 0 Å². The van der Waals surface area contributed by atoms with Gasteiger partial charge in [0, 0.05) is 31.8 Å². The zero-order chi connectivity index (χ0) is 26.7. The van der Waals surface area contributed by atoms with Crippen molar-refractivity contribution in [2.75, 3.05) is 19.7 Å². The van der Waals surface area contributed by atoms with Crippen LogP contribution in [0.15, 0.2) is 41.3 Å². The Bertz CT molecular complexity index is 1180. The Hall–Kier alpha value is -2.54. The molecule has 2 aliphatic heterocycles. The van der Waals surface area contributed by atoms with Crippen molar-refractivity contribution in [3.8, 4) is 0 Å². The molecule has 0 saturated carbocycles. The highest BCUT2D eigenvalue weighted by Gasteiger charge is 2.52. The minimum absolute atomic E-state index is 0.0529. The van der Waals surface area contributed by atoms with Crippen molar-refractivity contribution in [2.45, 2.75) is 63.0 Å². The molecule has 3 heterocycles. The van der Waals surface area contributed by atoms with E-state index in [0.717, 1.165) is 28.9 Å². The first-order chi connectivity index (χ1) is 16.7. The van der Waals surface area contributed by atoms with E-state index in [0.29, 0.717) is 37.6 Å². The van der Waals surface area contributed by atoms with Gasteiger partial charge < -0.3 is 14.6 Å². The fraction of sp³-hybridized carbons (Fsp3) is 0.500. The Morgan fingerprint density at radius 1 is 1.19 bits per heavy atom. The average Bonchev–Trinajstić information content (AvgIpc) is 2.75. The molecule has 1 spiro atoms. The second-order valence-electron chi connectivity index (χ2n) is 9.13. The van der Waals surface area contributed by atoms with Crippen molar-refractivity contribution in [2.24, 2.45) is 0 Å². The van der Waals surface area contributed by atoms with E-state index in [4.69, 9.17) is 19.4 Å². The van der Waals surface area contributed by atoms with Crippen LogP contribution in [0.25, 0.3) is 0 Å². The minimum atomic E-state index is -5.08. The maximum atomic E-state index is 13.0. The number of pyridine rings is 1. The predicted octanol–water partition coefficient (Wildman–Crippen LogP) is 3.78. The Morgan fingerprint density at radius 3 is 2.36 bits per heavy atom. The second-order valence-corrected chi connectivity index (χ2v) is 11.1. The van der Waals surface area contributed by atoms with E-state index in [9.17, 15) is 21.6 Å². The molecule has 1 aromatic heterocycles. The van der Waals surface area contributed by atoms with Crippen molar-refractivity contribution in [1.82, 2.24) is 9.29 Å². The molecule has 0 bridgehead atoms. The molecule has 2 saturated heterocycles. The van der Waals surface area contributed by atoms with Crippen LogP contribution in [0.5, 0.6) is 0 Å². The van der Waals surface area contributed by atoms with Gasteiger partial charge in [-0.25, -0.2) is 13.2 Å². The van der Waals surface area contributed by atoms with E-state index in [2.05, 4.69) is 4.98 Å². The molecule has 12 heteroatoms. The quantitative estimate of drug-likeness (QED) is 0.627. The molecular formula is C24H29F3N2O6S. The number of hydrogen-bond donors (Lipinski definition) is 1. The number of aliphatic carboxylic acids is 1. The van der Waals surface area contributed by atoms with E-state index in [1.54, 1.807) is 12.1 Å². The highest BCUT2D eigenvalue weighted by molar-refractivity contribution is 7.89. The number of aromatic nitrogens is 1. The molecule has 8 nitrogen and oxygen atoms in total. The van der Waals surface area contributed by atoms with Gasteiger partial charge in [-0.05, 0) is 62.6 Å². The lowest BCUT2D eigenvalue weighted by atomic mass is 9.86. The van der Waals surface area contributed by atoms with Gasteiger partial charge >= 0.3 is 12.1 Å². The molecule has 198 valence electrons. The van der Waals surface area contributed by atoms with Crippen LogP contribution in [-0.4, -0.2) is 66.4 Å². The number of aryl methyl sites for hydroxylation is 3. The Kier molecular flexibility index (Phi) is 8.44. The third-order valence-electron chi connectivity index (χ3n) is 5.87. The van der Waals surface area contributed by atoms with Gasteiger partial charge in [0.05, 0.1) is 28.9 Å². The number of nitrogens with zero attached hydrogens (tertiary/aromatic N) is 2. The predicted molar refractivity (Wildman–Crippen MR) is 124 cm³/mol. The molecule has 0 aliphatic carbocycles. The maximum Gasteiger partial charge on any atom is 0.490 e. The summed E-state index contributed by atoms with van der Waals surface area (Å²) in [4.78, 5) is 13.7. The molecule has 1 N–H and O–H groups in total. The van der Waals surface area contributed by atoms with Crippen LogP contribution < -0.4 is 0 Å². The third-order valence-corrected chi connectivity index (χ3v) is 7.63. The van der Waals surface area contributed by atoms with E-state index in [1.165, 1.54) is 4.31 Å². The molecule has 1 unspecified atom stereocenters. The van der Waals surface area contributed by atoms with Gasteiger partial charge in [-0.1, -0.05) is 12.1 Å². The smallest absolute Gasteiger partial charge is 0.475 e. The lowest BCUT2D eigenvalue weighted by Gasteiger charge is -2.52. The first-order valence-electron chi connectivity index (χ1n) is 11.3. The van der Waals surface area contributed by atoms with Crippen LogP contribution >= 0.6 is 0 Å². The van der Waals surface area contributed by atoms with E-state index < -0.39 is 27.8 Å². The van der Waals surface area contributed by atoms with Gasteiger partial charge in [0.15, 0.2) is 0 Å². The largest absolute Gasteiger partial charge is 0.490 e. The first kappa shape index (κ1) is 28.0. The summed E-state index contributed by atoms with van der Waals surface area (Å²) in [6, 6.07) is 11.3. The number of ether oxygens (including phenoxy) is 2. The van der Waals surface area contributed by atoms with Crippen molar-refractivity contribution < 1.29 is 41.0 Å². The summed E-state index contributed by atoms with van der Waals surface area (Å²) in [5.74, 6) is -2.76. The van der Waals surface area contributed by atoms with Crippen LogP contribution in [0.1, 0.15) is 35.4 Å². The van der Waals surface area contributed by atoms with Crippen LogP contribution in [0.4, 0.5) is 13.2 Å². The number of carboxylic acids is 1. The number of rotatable bonds is 5. The molecule has 4 rings (SSSR count). The maximum absolute atomic E-state index is 13.0. The van der Waals surface area contributed by atoms with Crippen molar-refractivity contribution in [3.05, 3.63) is 58.9 Å². The van der Waals surface area contributed by atoms with Crippen LogP contribution in [0.3, 0.4) is 0 Å². The van der Waals surface area contributed by atoms with E-state index >= 15 is 0 Å². The fourth-order valence-corrected chi connectivity index (χ4v) is 6.00. The monoisotopic (exact) mass is 530 g/mol. The Balaban J connectivity index is 0.000000454. The highest BCUT2D eigenvalue weighted by atomic mass is 32.2. The zero-order valence-corrected chi connectivity index (χ0v) is 21.0. The summed E-state index contributed by atoms with van der Waals surface area (Å²) >= 11 is 0. The standard InChI is InChI=1S/C22H28N2O4S.C2HF3O2/c1-16-9-17(2)11-21(10-16)29(25,26)24-14-22(15-24)12-20(7-8-28-22)27-13-19-6-4-5-18(3)23-19;3-2(4,5)1(6)7/h4-6,9-11,20H,7-8,12-15H2,1-3H3;(H,6,7). The first-order valence-corrected chi connectivity index (χ1v) is 12.7. The lowest BCUT2D eigenvalue weighted by Crippen LogP contribution is -2.67. The summed E-state index contributed by atoms with van der Waals surface area (Å²) in [6.07, 6.45) is -3.51. The van der Waals surface area contributed by atoms with Gasteiger partial charge in [-0.3, -0.25) is 4.98 Å². The molecule has 2 aliphatic rings. The number of halogens is 3. The number of carbonyl (C=O) groups is 1. The zero-order valence-electron chi connectivity index (χ0n) is 20.2. The molecule has 0 amide bonds. The van der Waals surface area contributed by atoms with Crippen LogP contribution in [0.2, 0.25) is 0 Å². The minimum Gasteiger partial charge on any atom is -0.475 e. The number of sulfonamides is 1. The summed E-state index contributed by atoms with van der Waals surface area (Å²) in [7, 11) is -3.50. The SMILES string of the molecule is Cc1cc(C)cc(S(=O)(=O)N2CC3(CC(OCc4cccc(C)n4)CCO3)C2)c1.O=C(O)C(F)(F)F. The van der Waals surface area contributed by atoms with Gasteiger partial charge in [-0.2, -0.15) is 17.5 Å². The molecule has 0 radical (unpaired) electrons. The van der Waals surface area contributed by atoms with Gasteiger partial charge in [0.25, 0.3) is 0 Å². The molecule has 36 heavy (non-hydrogen) atoms. The van der Waals surface area contributed by atoms with Gasteiger partial charge in [-0.15, -0.1) is 0 Å².